The first kappa shape index (κ1) is 17.1. The number of aliphatic hydroxyl groups excluding tert-OH is 1. The van der Waals surface area contributed by atoms with Crippen molar-refractivity contribution in [3.63, 3.8) is 0 Å². The molecule has 23 heavy (non-hydrogen) atoms. The van der Waals surface area contributed by atoms with E-state index in [0.717, 1.165) is 11.3 Å². The Morgan fingerprint density at radius 1 is 1.17 bits per heavy atom. The van der Waals surface area contributed by atoms with Gasteiger partial charge in [-0.2, -0.15) is 13.2 Å². The Balaban J connectivity index is 2.33. The lowest BCUT2D eigenvalue weighted by atomic mass is 9.89. The molecule has 0 bridgehead atoms. The minimum atomic E-state index is -4.96. The number of carbonyl (C=O) groups is 1. The maximum Gasteiger partial charge on any atom is 0.454 e. The molecule has 1 aliphatic rings. The summed E-state index contributed by atoms with van der Waals surface area (Å²) >= 11 is 0. The number of hydrogen-bond donors (Lipinski definition) is 1. The summed E-state index contributed by atoms with van der Waals surface area (Å²) in [4.78, 5) is 13.3. The van der Waals surface area contributed by atoms with Gasteiger partial charge in [-0.3, -0.25) is 4.79 Å². The molecular formula is C17H18F3NO2. The zero-order valence-corrected chi connectivity index (χ0v) is 12.9. The smallest absolute Gasteiger partial charge is 0.454 e. The van der Waals surface area contributed by atoms with E-state index >= 15 is 0 Å². The molecule has 124 valence electrons. The Bertz CT molecular complexity index is 655. The zero-order valence-electron chi connectivity index (χ0n) is 12.9. The molecule has 3 nitrogen and oxygen atoms in total. The third-order valence-electron chi connectivity index (χ3n) is 3.74. The number of Topliss-reactive ketones (excluding diaryl/α,β-unsaturated/α-hetero) is 1. The van der Waals surface area contributed by atoms with Crippen LogP contribution in [0.1, 0.15) is 24.8 Å². The molecule has 0 unspecified atom stereocenters. The van der Waals surface area contributed by atoms with Crippen molar-refractivity contribution >= 4 is 17.5 Å². The van der Waals surface area contributed by atoms with Crippen LogP contribution < -0.4 is 4.90 Å². The molecule has 2 rings (SSSR count). The molecule has 0 radical (unpaired) electrons. The van der Waals surface area contributed by atoms with Gasteiger partial charge in [0.1, 0.15) is 5.76 Å². The van der Waals surface area contributed by atoms with Crippen molar-refractivity contribution in [2.75, 3.05) is 19.0 Å². The summed E-state index contributed by atoms with van der Waals surface area (Å²) in [6.45, 7) is 0. The predicted octanol–water partition coefficient (Wildman–Crippen LogP) is 4.26. The van der Waals surface area contributed by atoms with Crippen LogP contribution in [0.25, 0.3) is 6.08 Å². The van der Waals surface area contributed by atoms with Crippen LogP contribution in [0.4, 0.5) is 18.9 Å². The van der Waals surface area contributed by atoms with E-state index in [0.29, 0.717) is 18.4 Å². The van der Waals surface area contributed by atoms with Crippen LogP contribution >= 0.6 is 0 Å². The number of rotatable bonds is 3. The third-order valence-corrected chi connectivity index (χ3v) is 3.74. The molecule has 0 aliphatic heterocycles. The standard InChI is InChI=1S/C17H18F3NO2/c1-21(2)13-8-6-11(7-9-13)10-12-4-3-5-14(15(12)22)16(23)17(18,19)20/h6-10,22H,3-5H2,1-2H3/b12-10+. The van der Waals surface area contributed by atoms with E-state index in [4.69, 9.17) is 0 Å². The fourth-order valence-electron chi connectivity index (χ4n) is 2.49. The second kappa shape index (κ2) is 6.48. The first-order valence-electron chi connectivity index (χ1n) is 7.22. The average Bonchev–Trinajstić information content (AvgIpc) is 2.48. The number of nitrogens with zero attached hydrogens (tertiary/aromatic N) is 1. The highest BCUT2D eigenvalue weighted by Crippen LogP contribution is 2.34. The summed E-state index contributed by atoms with van der Waals surface area (Å²) in [6.07, 6.45) is -2.55. The fourth-order valence-corrected chi connectivity index (χ4v) is 2.49. The Kier molecular flexibility index (Phi) is 4.82. The van der Waals surface area contributed by atoms with Crippen LogP contribution in [0.15, 0.2) is 41.2 Å². The van der Waals surface area contributed by atoms with E-state index in [1.54, 1.807) is 6.08 Å². The molecular weight excluding hydrogens is 307 g/mol. The van der Waals surface area contributed by atoms with E-state index in [2.05, 4.69) is 0 Å². The Morgan fingerprint density at radius 3 is 2.30 bits per heavy atom. The van der Waals surface area contributed by atoms with Gasteiger partial charge in [0.05, 0.1) is 0 Å². The molecule has 0 aromatic heterocycles. The van der Waals surface area contributed by atoms with Crippen LogP contribution in [0, 0.1) is 0 Å². The summed E-state index contributed by atoms with van der Waals surface area (Å²) in [5.41, 5.74) is 1.57. The van der Waals surface area contributed by atoms with Crippen molar-refractivity contribution < 1.29 is 23.1 Å². The van der Waals surface area contributed by atoms with Crippen molar-refractivity contribution in [1.29, 1.82) is 0 Å². The number of allylic oxidation sites excluding steroid dienone is 2. The molecule has 1 aliphatic carbocycles. The Labute approximate surface area is 132 Å². The normalized spacial score (nSPS) is 17.5. The number of carbonyl (C=O) groups excluding carboxylic acids is 1. The molecule has 0 spiro atoms. The highest BCUT2D eigenvalue weighted by molar-refractivity contribution is 6.00. The molecule has 0 fully saturated rings. The third kappa shape index (κ3) is 3.94. The summed E-state index contributed by atoms with van der Waals surface area (Å²) < 4.78 is 37.7. The highest BCUT2D eigenvalue weighted by Gasteiger charge is 2.42. The molecule has 0 amide bonds. The lowest BCUT2D eigenvalue weighted by Crippen LogP contribution is -2.27. The molecule has 1 N–H and O–H groups in total. The molecule has 0 heterocycles. The maximum absolute atomic E-state index is 12.6. The summed E-state index contributed by atoms with van der Waals surface area (Å²) in [6, 6.07) is 7.38. The van der Waals surface area contributed by atoms with Crippen LogP contribution in [0.2, 0.25) is 0 Å². The van der Waals surface area contributed by atoms with Crippen LogP contribution in [-0.2, 0) is 4.79 Å². The first-order valence-corrected chi connectivity index (χ1v) is 7.22. The molecule has 0 saturated carbocycles. The first-order chi connectivity index (χ1) is 10.7. The number of benzene rings is 1. The second-order valence-electron chi connectivity index (χ2n) is 5.66. The average molecular weight is 325 g/mol. The number of halogens is 3. The van der Waals surface area contributed by atoms with Gasteiger partial charge >= 0.3 is 6.18 Å². The molecule has 0 atom stereocenters. The van der Waals surface area contributed by atoms with Gasteiger partial charge in [0.2, 0.25) is 0 Å². The number of alkyl halides is 3. The maximum atomic E-state index is 12.6. The van der Waals surface area contributed by atoms with Gasteiger partial charge in [-0.05, 0) is 48.6 Å². The topological polar surface area (TPSA) is 40.5 Å². The number of hydrogen-bond acceptors (Lipinski definition) is 3. The van der Waals surface area contributed by atoms with E-state index in [1.807, 2.05) is 43.3 Å². The van der Waals surface area contributed by atoms with Crippen molar-refractivity contribution in [2.45, 2.75) is 25.4 Å². The van der Waals surface area contributed by atoms with Gasteiger partial charge in [-0.15, -0.1) is 0 Å². The molecule has 1 aromatic rings. The quantitative estimate of drug-likeness (QED) is 0.902. The predicted molar refractivity (Wildman–Crippen MR) is 83.3 cm³/mol. The number of ketones is 1. The molecule has 6 heteroatoms. The lowest BCUT2D eigenvalue weighted by molar-refractivity contribution is -0.167. The fraction of sp³-hybridized carbons (Fsp3) is 0.353. The van der Waals surface area contributed by atoms with Gasteiger partial charge < -0.3 is 10.0 Å². The summed E-state index contributed by atoms with van der Waals surface area (Å²) in [7, 11) is 3.80. The summed E-state index contributed by atoms with van der Waals surface area (Å²) in [5, 5.41) is 10.0. The van der Waals surface area contributed by atoms with Gasteiger partial charge in [-0.1, -0.05) is 12.1 Å². The lowest BCUT2D eigenvalue weighted by Gasteiger charge is -2.19. The monoisotopic (exact) mass is 325 g/mol. The Morgan fingerprint density at radius 2 is 1.78 bits per heavy atom. The van der Waals surface area contributed by atoms with E-state index in [9.17, 15) is 23.1 Å². The van der Waals surface area contributed by atoms with Crippen LogP contribution in [0.3, 0.4) is 0 Å². The highest BCUT2D eigenvalue weighted by atomic mass is 19.4. The SMILES string of the molecule is CN(C)c1ccc(/C=C2\CCCC(C(=O)C(F)(F)F)=C2O)cc1. The van der Waals surface area contributed by atoms with E-state index in [-0.39, 0.29) is 6.42 Å². The van der Waals surface area contributed by atoms with E-state index < -0.39 is 23.3 Å². The van der Waals surface area contributed by atoms with Crippen molar-refractivity contribution in [1.82, 2.24) is 0 Å². The zero-order chi connectivity index (χ0) is 17.2. The minimum absolute atomic E-state index is 0.0545. The second-order valence-corrected chi connectivity index (χ2v) is 5.66. The number of anilines is 1. The van der Waals surface area contributed by atoms with Crippen molar-refractivity contribution in [3.05, 3.63) is 46.7 Å². The number of aliphatic hydroxyl groups is 1. The van der Waals surface area contributed by atoms with Crippen LogP contribution in [0.5, 0.6) is 0 Å². The molecule has 0 saturated heterocycles. The van der Waals surface area contributed by atoms with Crippen molar-refractivity contribution in [3.8, 4) is 0 Å². The van der Waals surface area contributed by atoms with Crippen molar-refractivity contribution in [2.24, 2.45) is 0 Å². The molecule has 1 aromatic carbocycles. The largest absolute Gasteiger partial charge is 0.507 e. The Hall–Kier alpha value is -2.24. The van der Waals surface area contributed by atoms with Gasteiger partial charge in [0.15, 0.2) is 0 Å². The van der Waals surface area contributed by atoms with Crippen LogP contribution in [-0.4, -0.2) is 31.2 Å². The minimum Gasteiger partial charge on any atom is -0.507 e. The van der Waals surface area contributed by atoms with Gasteiger partial charge in [0.25, 0.3) is 5.78 Å². The summed E-state index contributed by atoms with van der Waals surface area (Å²) in [5.74, 6) is -2.49. The van der Waals surface area contributed by atoms with Gasteiger partial charge in [-0.25, -0.2) is 0 Å². The van der Waals surface area contributed by atoms with E-state index in [1.165, 1.54) is 0 Å². The van der Waals surface area contributed by atoms with Gasteiger partial charge in [0, 0.05) is 25.4 Å².